The van der Waals surface area contributed by atoms with Crippen LogP contribution in [0.1, 0.15) is 25.8 Å². The Kier molecular flexibility index (Phi) is 3.57. The summed E-state index contributed by atoms with van der Waals surface area (Å²) in [5, 5.41) is 3.18. The fourth-order valence-electron chi connectivity index (χ4n) is 2.11. The number of benzene rings is 1. The lowest BCUT2D eigenvalue weighted by Gasteiger charge is -2.33. The standard InChI is InChI=1S/C14H19FN4/c1-9(2)7-12-8-13(16)19-14(17,18-12)10-3-5-11(15)6-4-10/h3-6,8-9,18H,7,17H2,1-2H3,(H2,16,19). The maximum absolute atomic E-state index is 13.0. The zero-order chi connectivity index (χ0) is 14.0. The third-order valence-corrected chi connectivity index (χ3v) is 2.89. The molecule has 0 amide bonds. The van der Waals surface area contributed by atoms with Gasteiger partial charge in [-0.05, 0) is 30.5 Å². The van der Waals surface area contributed by atoms with Crippen LogP contribution in [-0.2, 0) is 5.79 Å². The predicted molar refractivity (Wildman–Crippen MR) is 74.6 cm³/mol. The Hall–Kier alpha value is -1.88. The Balaban J connectivity index is 2.30. The molecule has 1 unspecified atom stereocenters. The molecule has 1 heterocycles. The van der Waals surface area contributed by atoms with Crippen molar-refractivity contribution in [2.24, 2.45) is 22.4 Å². The van der Waals surface area contributed by atoms with Crippen LogP contribution in [0.4, 0.5) is 4.39 Å². The summed E-state index contributed by atoms with van der Waals surface area (Å²) < 4.78 is 13.0. The number of nitrogens with zero attached hydrogens (tertiary/aromatic N) is 1. The van der Waals surface area contributed by atoms with Crippen molar-refractivity contribution in [1.82, 2.24) is 5.32 Å². The second kappa shape index (κ2) is 5.01. The first-order valence-corrected chi connectivity index (χ1v) is 6.28. The molecular formula is C14H19FN4. The van der Waals surface area contributed by atoms with Gasteiger partial charge in [-0.3, -0.25) is 5.73 Å². The van der Waals surface area contributed by atoms with E-state index in [0.29, 0.717) is 17.3 Å². The molecule has 102 valence electrons. The molecule has 1 aromatic carbocycles. The highest BCUT2D eigenvalue weighted by Gasteiger charge is 2.30. The van der Waals surface area contributed by atoms with Crippen molar-refractivity contribution in [3.63, 3.8) is 0 Å². The Morgan fingerprint density at radius 3 is 2.53 bits per heavy atom. The van der Waals surface area contributed by atoms with Gasteiger partial charge in [0.1, 0.15) is 11.7 Å². The summed E-state index contributed by atoms with van der Waals surface area (Å²) in [5.41, 5.74) is 13.7. The number of hydrogen-bond donors (Lipinski definition) is 3. The smallest absolute Gasteiger partial charge is 0.211 e. The van der Waals surface area contributed by atoms with Crippen molar-refractivity contribution in [2.75, 3.05) is 0 Å². The van der Waals surface area contributed by atoms with Crippen LogP contribution >= 0.6 is 0 Å². The van der Waals surface area contributed by atoms with E-state index >= 15 is 0 Å². The minimum atomic E-state index is -1.13. The summed E-state index contributed by atoms with van der Waals surface area (Å²) in [6.07, 6.45) is 2.62. The van der Waals surface area contributed by atoms with Gasteiger partial charge in [0.2, 0.25) is 5.79 Å². The van der Waals surface area contributed by atoms with Gasteiger partial charge in [0.15, 0.2) is 0 Å². The van der Waals surface area contributed by atoms with E-state index in [1.54, 1.807) is 18.2 Å². The number of hydrogen-bond acceptors (Lipinski definition) is 4. The highest BCUT2D eigenvalue weighted by molar-refractivity contribution is 5.93. The molecular weight excluding hydrogens is 243 g/mol. The SMILES string of the molecule is CC(C)CC1=CC(N)=NC(N)(c2ccc(F)cc2)N1. The van der Waals surface area contributed by atoms with Crippen LogP contribution in [0.25, 0.3) is 0 Å². The average Bonchev–Trinajstić information content (AvgIpc) is 2.27. The molecule has 0 bridgehead atoms. The molecule has 1 aromatic rings. The van der Waals surface area contributed by atoms with Crippen LogP contribution in [0.5, 0.6) is 0 Å². The largest absolute Gasteiger partial charge is 0.384 e. The van der Waals surface area contributed by atoms with Gasteiger partial charge in [-0.1, -0.05) is 26.0 Å². The fraction of sp³-hybridized carbons (Fsp3) is 0.357. The van der Waals surface area contributed by atoms with E-state index in [-0.39, 0.29) is 5.82 Å². The maximum atomic E-state index is 13.0. The van der Waals surface area contributed by atoms with Crippen molar-refractivity contribution in [3.05, 3.63) is 47.4 Å². The Morgan fingerprint density at radius 2 is 1.95 bits per heavy atom. The zero-order valence-electron chi connectivity index (χ0n) is 11.2. The third kappa shape index (κ3) is 3.12. The van der Waals surface area contributed by atoms with E-state index in [1.165, 1.54) is 12.1 Å². The molecule has 0 aromatic heterocycles. The van der Waals surface area contributed by atoms with Gasteiger partial charge in [0.05, 0.1) is 0 Å². The lowest BCUT2D eigenvalue weighted by molar-refractivity contribution is 0.379. The molecule has 4 nitrogen and oxygen atoms in total. The fourth-order valence-corrected chi connectivity index (χ4v) is 2.11. The maximum Gasteiger partial charge on any atom is 0.211 e. The van der Waals surface area contributed by atoms with Crippen molar-refractivity contribution >= 4 is 5.84 Å². The minimum Gasteiger partial charge on any atom is -0.384 e. The van der Waals surface area contributed by atoms with Gasteiger partial charge in [0, 0.05) is 11.3 Å². The molecule has 0 saturated carbocycles. The summed E-state index contributed by atoms with van der Waals surface area (Å²) in [7, 11) is 0. The van der Waals surface area contributed by atoms with Crippen molar-refractivity contribution in [1.29, 1.82) is 0 Å². The Morgan fingerprint density at radius 1 is 1.32 bits per heavy atom. The van der Waals surface area contributed by atoms with Gasteiger partial charge in [-0.25, -0.2) is 9.38 Å². The van der Waals surface area contributed by atoms with Crippen LogP contribution < -0.4 is 16.8 Å². The second-order valence-electron chi connectivity index (χ2n) is 5.20. The second-order valence-corrected chi connectivity index (χ2v) is 5.20. The number of amidine groups is 1. The quantitative estimate of drug-likeness (QED) is 0.777. The summed E-state index contributed by atoms with van der Waals surface area (Å²) >= 11 is 0. The summed E-state index contributed by atoms with van der Waals surface area (Å²) in [6, 6.07) is 5.93. The number of halogens is 1. The topological polar surface area (TPSA) is 76.4 Å². The molecule has 2 rings (SSSR count). The molecule has 19 heavy (non-hydrogen) atoms. The molecule has 5 N–H and O–H groups in total. The van der Waals surface area contributed by atoms with Crippen LogP contribution in [0.3, 0.4) is 0 Å². The zero-order valence-corrected chi connectivity index (χ0v) is 11.2. The molecule has 1 aliphatic rings. The molecule has 0 fully saturated rings. The normalized spacial score (nSPS) is 22.8. The molecule has 5 heteroatoms. The Bertz CT molecular complexity index is 519. The molecule has 1 atom stereocenters. The summed E-state index contributed by atoms with van der Waals surface area (Å²) in [5.74, 6) is -0.585. The van der Waals surface area contributed by atoms with Crippen LogP contribution in [0.15, 0.2) is 41.0 Å². The number of aliphatic imine (C=N–C) groups is 1. The number of rotatable bonds is 3. The third-order valence-electron chi connectivity index (χ3n) is 2.89. The lowest BCUT2D eigenvalue weighted by Crippen LogP contribution is -2.51. The van der Waals surface area contributed by atoms with E-state index in [2.05, 4.69) is 24.2 Å². The summed E-state index contributed by atoms with van der Waals surface area (Å²) in [4.78, 5) is 4.23. The highest BCUT2D eigenvalue weighted by atomic mass is 19.1. The number of nitrogens with one attached hydrogen (secondary N) is 1. The highest BCUT2D eigenvalue weighted by Crippen LogP contribution is 2.24. The van der Waals surface area contributed by atoms with Gasteiger partial charge in [0.25, 0.3) is 0 Å². The van der Waals surface area contributed by atoms with E-state index < -0.39 is 5.79 Å². The lowest BCUT2D eigenvalue weighted by atomic mass is 10.0. The minimum absolute atomic E-state index is 0.307. The monoisotopic (exact) mass is 262 g/mol. The average molecular weight is 262 g/mol. The molecule has 0 saturated heterocycles. The van der Waals surface area contributed by atoms with E-state index in [9.17, 15) is 4.39 Å². The molecule has 0 aliphatic carbocycles. The van der Waals surface area contributed by atoms with E-state index in [0.717, 1.165) is 12.1 Å². The van der Waals surface area contributed by atoms with Gasteiger partial charge >= 0.3 is 0 Å². The first-order chi connectivity index (χ1) is 8.89. The number of allylic oxidation sites excluding steroid dienone is 1. The summed E-state index contributed by atoms with van der Waals surface area (Å²) in [6.45, 7) is 4.22. The first kappa shape index (κ1) is 13.5. The van der Waals surface area contributed by atoms with E-state index in [4.69, 9.17) is 11.5 Å². The molecule has 0 radical (unpaired) electrons. The van der Waals surface area contributed by atoms with Gasteiger partial charge in [-0.2, -0.15) is 0 Å². The predicted octanol–water partition coefficient (Wildman–Crippen LogP) is 1.79. The number of nitrogens with two attached hydrogens (primary N) is 2. The molecule has 1 aliphatic heterocycles. The van der Waals surface area contributed by atoms with Gasteiger partial charge in [-0.15, -0.1) is 0 Å². The molecule has 0 spiro atoms. The van der Waals surface area contributed by atoms with Gasteiger partial charge < -0.3 is 11.1 Å². The first-order valence-electron chi connectivity index (χ1n) is 6.28. The van der Waals surface area contributed by atoms with Crippen LogP contribution in [-0.4, -0.2) is 5.84 Å². The van der Waals surface area contributed by atoms with Crippen LogP contribution in [0, 0.1) is 11.7 Å². The van der Waals surface area contributed by atoms with E-state index in [1.807, 2.05) is 0 Å². The Labute approximate surface area is 112 Å². The van der Waals surface area contributed by atoms with Crippen molar-refractivity contribution in [2.45, 2.75) is 26.1 Å². The van der Waals surface area contributed by atoms with Crippen molar-refractivity contribution < 1.29 is 4.39 Å². The van der Waals surface area contributed by atoms with Crippen LogP contribution in [0.2, 0.25) is 0 Å². The van der Waals surface area contributed by atoms with Crippen molar-refractivity contribution in [3.8, 4) is 0 Å².